The van der Waals surface area contributed by atoms with Crippen molar-refractivity contribution in [2.24, 2.45) is 0 Å². The van der Waals surface area contributed by atoms with Crippen LogP contribution in [0.2, 0.25) is 0 Å². The number of sulfonamides is 1. The van der Waals surface area contributed by atoms with Crippen molar-refractivity contribution in [2.75, 3.05) is 17.1 Å². The third-order valence-corrected chi connectivity index (χ3v) is 6.07. The van der Waals surface area contributed by atoms with E-state index in [4.69, 9.17) is 0 Å². The first-order valence-electron chi connectivity index (χ1n) is 9.01. The number of benzene rings is 2. The van der Waals surface area contributed by atoms with E-state index in [9.17, 15) is 13.2 Å². The van der Waals surface area contributed by atoms with E-state index in [1.54, 1.807) is 24.3 Å². The molecule has 0 aliphatic rings. The van der Waals surface area contributed by atoms with Crippen LogP contribution in [0.25, 0.3) is 0 Å². The van der Waals surface area contributed by atoms with Crippen molar-refractivity contribution in [1.82, 2.24) is 5.32 Å². The Kier molecular flexibility index (Phi) is 6.93. The van der Waals surface area contributed by atoms with Crippen LogP contribution in [-0.4, -0.2) is 27.1 Å². The average Bonchev–Trinajstić information content (AvgIpc) is 2.58. The second kappa shape index (κ2) is 8.66. The molecule has 28 heavy (non-hydrogen) atoms. The summed E-state index contributed by atoms with van der Waals surface area (Å²) in [5, 5.41) is 2.88. The number of halogens is 1. The van der Waals surface area contributed by atoms with Crippen LogP contribution >= 0.6 is 15.9 Å². The maximum atomic E-state index is 12.5. The van der Waals surface area contributed by atoms with Crippen molar-refractivity contribution >= 4 is 37.5 Å². The highest BCUT2D eigenvalue weighted by molar-refractivity contribution is 9.10. The summed E-state index contributed by atoms with van der Waals surface area (Å²) >= 11 is 3.33. The van der Waals surface area contributed by atoms with Crippen LogP contribution in [0.5, 0.6) is 0 Å². The largest absolute Gasteiger partial charge is 0.348 e. The van der Waals surface area contributed by atoms with Gasteiger partial charge in [-0.05, 0) is 41.7 Å². The number of nitrogens with zero attached hydrogens (tertiary/aromatic N) is 1. The summed E-state index contributed by atoms with van der Waals surface area (Å²) in [5.74, 6) is -0.363. The number of rotatable bonds is 6. The van der Waals surface area contributed by atoms with Crippen molar-refractivity contribution in [2.45, 2.75) is 39.2 Å². The third kappa shape index (κ3) is 6.07. The highest BCUT2D eigenvalue weighted by atomic mass is 79.9. The van der Waals surface area contributed by atoms with Crippen molar-refractivity contribution in [3.8, 4) is 0 Å². The van der Waals surface area contributed by atoms with Crippen molar-refractivity contribution < 1.29 is 13.2 Å². The van der Waals surface area contributed by atoms with Gasteiger partial charge in [-0.25, -0.2) is 8.42 Å². The lowest BCUT2D eigenvalue weighted by Gasteiger charge is -2.24. The summed E-state index contributed by atoms with van der Waals surface area (Å²) in [5.41, 5.74) is 2.68. The van der Waals surface area contributed by atoms with Crippen LogP contribution in [-0.2, 0) is 20.2 Å². The van der Waals surface area contributed by atoms with Gasteiger partial charge in [-0.2, -0.15) is 0 Å². The first kappa shape index (κ1) is 22.4. The molecule has 0 saturated carbocycles. The molecule has 2 aromatic carbocycles. The van der Waals surface area contributed by atoms with Gasteiger partial charge in [-0.1, -0.05) is 67.0 Å². The Bertz CT molecular complexity index is 935. The highest BCUT2D eigenvalue weighted by Crippen LogP contribution is 2.24. The highest BCUT2D eigenvalue weighted by Gasteiger charge is 2.22. The molecule has 0 heterocycles. The Morgan fingerprint density at radius 2 is 1.75 bits per heavy atom. The van der Waals surface area contributed by atoms with Crippen LogP contribution in [0.3, 0.4) is 0 Å². The minimum atomic E-state index is -3.60. The standard InChI is InChI=1S/C21H27BrN2O3S/c1-15(16-9-11-17(12-10-16)21(2,3)4)23-20(25)14-24(28(5,26)27)19-8-6-7-18(22)13-19/h6-13,15H,14H2,1-5H3,(H,23,25)/t15-/m0/s1. The maximum absolute atomic E-state index is 12.5. The van der Waals surface area contributed by atoms with Gasteiger partial charge in [0.2, 0.25) is 15.9 Å². The van der Waals surface area contributed by atoms with Gasteiger partial charge in [0.05, 0.1) is 18.0 Å². The van der Waals surface area contributed by atoms with E-state index < -0.39 is 10.0 Å². The van der Waals surface area contributed by atoms with Crippen molar-refractivity contribution in [3.63, 3.8) is 0 Å². The van der Waals surface area contributed by atoms with Crippen molar-refractivity contribution in [1.29, 1.82) is 0 Å². The number of anilines is 1. The smallest absolute Gasteiger partial charge is 0.241 e. The van der Waals surface area contributed by atoms with Crippen LogP contribution < -0.4 is 9.62 Å². The van der Waals surface area contributed by atoms with Crippen molar-refractivity contribution in [3.05, 3.63) is 64.1 Å². The molecule has 7 heteroatoms. The average molecular weight is 467 g/mol. The van der Waals surface area contributed by atoms with E-state index in [1.807, 2.05) is 19.1 Å². The second-order valence-corrected chi connectivity index (χ2v) is 10.7. The normalized spacial score (nSPS) is 13.1. The molecule has 1 atom stereocenters. The maximum Gasteiger partial charge on any atom is 0.241 e. The van der Waals surface area contributed by atoms with Gasteiger partial charge in [0.15, 0.2) is 0 Å². The van der Waals surface area contributed by atoms with E-state index in [0.29, 0.717) is 5.69 Å². The van der Waals surface area contributed by atoms with Gasteiger partial charge in [0, 0.05) is 4.47 Å². The predicted octanol–water partition coefficient (Wildman–Crippen LogP) is 4.39. The predicted molar refractivity (Wildman–Crippen MR) is 118 cm³/mol. The van der Waals surface area contributed by atoms with Gasteiger partial charge in [0.1, 0.15) is 6.54 Å². The molecule has 2 rings (SSSR count). The number of carbonyl (C=O) groups is 1. The number of nitrogens with one attached hydrogen (secondary N) is 1. The van der Waals surface area contributed by atoms with E-state index in [0.717, 1.165) is 20.6 Å². The monoisotopic (exact) mass is 466 g/mol. The summed E-state index contributed by atoms with van der Waals surface area (Å²) in [6, 6.07) is 14.7. The Morgan fingerprint density at radius 3 is 2.25 bits per heavy atom. The number of amides is 1. The van der Waals surface area contributed by atoms with Crippen LogP contribution in [0, 0.1) is 0 Å². The molecule has 0 spiro atoms. The summed E-state index contributed by atoms with van der Waals surface area (Å²) in [7, 11) is -3.60. The molecule has 0 aromatic heterocycles. The Labute approximate surface area is 176 Å². The molecule has 2 aromatic rings. The molecule has 0 aliphatic heterocycles. The molecule has 0 fully saturated rings. The Balaban J connectivity index is 2.12. The zero-order valence-electron chi connectivity index (χ0n) is 16.9. The third-order valence-electron chi connectivity index (χ3n) is 4.44. The zero-order valence-corrected chi connectivity index (χ0v) is 19.3. The van der Waals surface area contributed by atoms with Crippen LogP contribution in [0.15, 0.2) is 53.0 Å². The van der Waals surface area contributed by atoms with Gasteiger partial charge in [-0.3, -0.25) is 9.10 Å². The second-order valence-electron chi connectivity index (χ2n) is 7.91. The van der Waals surface area contributed by atoms with Gasteiger partial charge >= 0.3 is 0 Å². The summed E-state index contributed by atoms with van der Waals surface area (Å²) < 4.78 is 26.2. The molecule has 152 valence electrons. The topological polar surface area (TPSA) is 66.5 Å². The lowest BCUT2D eigenvalue weighted by molar-refractivity contribution is -0.120. The Hall–Kier alpha value is -1.86. The number of carbonyl (C=O) groups excluding carboxylic acids is 1. The molecule has 5 nitrogen and oxygen atoms in total. The van der Waals surface area contributed by atoms with Gasteiger partial charge in [-0.15, -0.1) is 0 Å². The quantitative estimate of drug-likeness (QED) is 0.686. The van der Waals surface area contributed by atoms with Crippen LogP contribution in [0.1, 0.15) is 44.9 Å². The fourth-order valence-electron chi connectivity index (χ4n) is 2.80. The van der Waals surface area contributed by atoms with E-state index in [2.05, 4.69) is 54.2 Å². The molecular formula is C21H27BrN2O3S. The molecule has 0 saturated heterocycles. The summed E-state index contributed by atoms with van der Waals surface area (Å²) in [6.45, 7) is 8.05. The first-order chi connectivity index (χ1) is 12.9. The first-order valence-corrected chi connectivity index (χ1v) is 11.6. The molecule has 1 N–H and O–H groups in total. The zero-order chi connectivity index (χ0) is 21.1. The fraction of sp³-hybridized carbons (Fsp3) is 0.381. The van der Waals surface area contributed by atoms with E-state index in [1.165, 1.54) is 5.56 Å². The minimum absolute atomic E-state index is 0.0605. The summed E-state index contributed by atoms with van der Waals surface area (Å²) in [4.78, 5) is 12.5. The molecule has 0 bridgehead atoms. The number of hydrogen-bond acceptors (Lipinski definition) is 3. The SMILES string of the molecule is C[C@H](NC(=O)CN(c1cccc(Br)c1)S(C)(=O)=O)c1ccc(C(C)(C)C)cc1. The summed E-state index contributed by atoms with van der Waals surface area (Å²) in [6.07, 6.45) is 1.09. The Morgan fingerprint density at radius 1 is 1.14 bits per heavy atom. The van der Waals surface area contributed by atoms with E-state index >= 15 is 0 Å². The lowest BCUT2D eigenvalue weighted by Crippen LogP contribution is -2.41. The van der Waals surface area contributed by atoms with E-state index in [-0.39, 0.29) is 23.9 Å². The molecular weight excluding hydrogens is 440 g/mol. The van der Waals surface area contributed by atoms with Gasteiger partial charge < -0.3 is 5.32 Å². The molecule has 0 radical (unpaired) electrons. The fourth-order valence-corrected chi connectivity index (χ4v) is 4.04. The van der Waals surface area contributed by atoms with Gasteiger partial charge in [0.25, 0.3) is 0 Å². The molecule has 1 amide bonds. The lowest BCUT2D eigenvalue weighted by atomic mass is 9.86. The number of hydrogen-bond donors (Lipinski definition) is 1. The van der Waals surface area contributed by atoms with Crippen LogP contribution in [0.4, 0.5) is 5.69 Å². The minimum Gasteiger partial charge on any atom is -0.348 e. The molecule has 0 unspecified atom stereocenters. The molecule has 0 aliphatic carbocycles.